The summed E-state index contributed by atoms with van der Waals surface area (Å²) in [6.07, 6.45) is 5.69. The van der Waals surface area contributed by atoms with Crippen LogP contribution >= 0.6 is 24.0 Å². The fraction of sp³-hybridized carbons (Fsp3) is 0.323. The van der Waals surface area contributed by atoms with Crippen molar-refractivity contribution in [1.29, 1.82) is 0 Å². The lowest BCUT2D eigenvalue weighted by Crippen LogP contribution is -2.43. The molecule has 1 unspecified atom stereocenters. The molecular formula is C31H32FNO7S2. The highest BCUT2D eigenvalue weighted by atomic mass is 32.2. The minimum atomic E-state index is -1.14. The Labute approximate surface area is 253 Å². The standard InChI is InChI=1S/C31H32FNO7S2/c1-37-19-31(20-38-2,23-6-4-3-5-7-23)40-26-16-22(17-27-29(36)33(18-28(34)35)30(41)42-27)10-13-25(26)39-15-14-21-8-11-24(32)12-9-21/h3-13,17,26H,14-16,18-20H2,1-2H3,(H,34,35)/b27-17+. The van der Waals surface area contributed by atoms with Gasteiger partial charge in [-0.05, 0) is 41.0 Å². The van der Waals surface area contributed by atoms with Gasteiger partial charge in [0.25, 0.3) is 5.91 Å². The molecule has 222 valence electrons. The van der Waals surface area contributed by atoms with Gasteiger partial charge in [0.2, 0.25) is 0 Å². The quantitative estimate of drug-likeness (QED) is 0.233. The second kappa shape index (κ2) is 14.7. The molecule has 1 amide bonds. The normalized spacial score (nSPS) is 18.3. The van der Waals surface area contributed by atoms with Gasteiger partial charge >= 0.3 is 5.97 Å². The molecule has 1 aliphatic heterocycles. The molecule has 0 spiro atoms. The number of thiocarbonyl (C=S) groups is 1. The zero-order valence-corrected chi connectivity index (χ0v) is 24.9. The van der Waals surface area contributed by atoms with Gasteiger partial charge in [-0.15, -0.1) is 0 Å². The summed E-state index contributed by atoms with van der Waals surface area (Å²) in [7, 11) is 3.19. The molecule has 0 aromatic heterocycles. The molecule has 0 saturated carbocycles. The first-order chi connectivity index (χ1) is 20.2. The van der Waals surface area contributed by atoms with Crippen molar-refractivity contribution < 1.29 is 38.0 Å². The minimum absolute atomic E-state index is 0.196. The van der Waals surface area contributed by atoms with Crippen molar-refractivity contribution in [1.82, 2.24) is 4.90 Å². The Morgan fingerprint density at radius 2 is 1.81 bits per heavy atom. The predicted molar refractivity (Wildman–Crippen MR) is 161 cm³/mol. The molecule has 2 aliphatic rings. The number of rotatable bonds is 14. The van der Waals surface area contributed by atoms with Crippen LogP contribution in [-0.4, -0.2) is 72.9 Å². The van der Waals surface area contributed by atoms with Crippen molar-refractivity contribution in [3.63, 3.8) is 0 Å². The van der Waals surface area contributed by atoms with Crippen LogP contribution in [0.2, 0.25) is 0 Å². The molecule has 1 N–H and O–H groups in total. The van der Waals surface area contributed by atoms with Gasteiger partial charge in [0, 0.05) is 27.1 Å². The average molecular weight is 614 g/mol. The number of carbonyl (C=O) groups excluding carboxylic acids is 1. The monoisotopic (exact) mass is 613 g/mol. The van der Waals surface area contributed by atoms with E-state index in [1.165, 1.54) is 12.1 Å². The Kier molecular flexibility index (Phi) is 11.1. The largest absolute Gasteiger partial charge is 0.495 e. The van der Waals surface area contributed by atoms with Crippen molar-refractivity contribution in [2.75, 3.05) is 40.6 Å². The van der Waals surface area contributed by atoms with Gasteiger partial charge in [0.05, 0.1) is 24.7 Å². The fourth-order valence-corrected chi connectivity index (χ4v) is 6.00. The molecule has 4 rings (SSSR count). The second-order valence-electron chi connectivity index (χ2n) is 9.73. The maximum Gasteiger partial charge on any atom is 0.323 e. The highest BCUT2D eigenvalue weighted by Gasteiger charge is 2.39. The highest BCUT2D eigenvalue weighted by Crippen LogP contribution is 2.37. The van der Waals surface area contributed by atoms with E-state index < -0.39 is 30.1 Å². The van der Waals surface area contributed by atoms with Gasteiger partial charge in [-0.2, -0.15) is 0 Å². The number of nitrogens with zero attached hydrogens (tertiary/aromatic N) is 1. The molecular weight excluding hydrogens is 581 g/mol. The Hall–Kier alpha value is -3.35. The number of amides is 1. The van der Waals surface area contributed by atoms with E-state index in [0.29, 0.717) is 30.1 Å². The molecule has 1 fully saturated rings. The third-order valence-corrected chi connectivity index (χ3v) is 8.06. The van der Waals surface area contributed by atoms with Gasteiger partial charge in [-0.3, -0.25) is 14.5 Å². The number of benzene rings is 2. The number of hydrogen-bond acceptors (Lipinski definition) is 8. The smallest absolute Gasteiger partial charge is 0.323 e. The Bertz CT molecular complexity index is 1370. The molecule has 1 aliphatic carbocycles. The summed E-state index contributed by atoms with van der Waals surface area (Å²) in [6.45, 7) is 0.252. The van der Waals surface area contributed by atoms with Crippen LogP contribution < -0.4 is 0 Å². The van der Waals surface area contributed by atoms with E-state index in [1.807, 2.05) is 36.4 Å². The van der Waals surface area contributed by atoms with Crippen molar-refractivity contribution >= 4 is 40.2 Å². The first kappa shape index (κ1) is 31.6. The lowest BCUT2D eigenvalue weighted by molar-refractivity contribution is -0.160. The molecule has 1 heterocycles. The molecule has 0 radical (unpaired) electrons. The van der Waals surface area contributed by atoms with Gasteiger partial charge in [-0.25, -0.2) is 4.39 Å². The zero-order valence-electron chi connectivity index (χ0n) is 23.3. The maximum absolute atomic E-state index is 13.3. The zero-order chi connectivity index (χ0) is 30.1. The van der Waals surface area contributed by atoms with Crippen molar-refractivity contribution in [2.45, 2.75) is 24.5 Å². The number of halogens is 1. The van der Waals surface area contributed by atoms with Crippen LogP contribution in [0.1, 0.15) is 17.5 Å². The number of hydrogen-bond donors (Lipinski definition) is 1. The topological polar surface area (TPSA) is 94.5 Å². The van der Waals surface area contributed by atoms with E-state index in [0.717, 1.165) is 33.4 Å². The first-order valence-corrected chi connectivity index (χ1v) is 14.4. The van der Waals surface area contributed by atoms with E-state index in [-0.39, 0.29) is 23.4 Å². The van der Waals surface area contributed by atoms with Gasteiger partial charge < -0.3 is 24.1 Å². The summed E-state index contributed by atoms with van der Waals surface area (Å²) in [5.41, 5.74) is 1.60. The molecule has 11 heteroatoms. The van der Waals surface area contributed by atoms with Crippen LogP contribution in [0.5, 0.6) is 0 Å². The molecule has 0 bridgehead atoms. The molecule has 2 aromatic rings. The number of carboxylic acids is 1. The summed E-state index contributed by atoms with van der Waals surface area (Å²) in [6, 6.07) is 15.9. The van der Waals surface area contributed by atoms with Crippen LogP contribution in [0.4, 0.5) is 4.39 Å². The molecule has 1 atom stereocenters. The minimum Gasteiger partial charge on any atom is -0.495 e. The SMILES string of the molecule is COCC(COC)(OC1CC(/C=C2/SC(=S)N(CC(=O)O)C2=O)=CC=C1OCCc1ccc(F)cc1)c1ccccc1. The third kappa shape index (κ3) is 7.93. The molecule has 8 nitrogen and oxygen atoms in total. The second-order valence-corrected chi connectivity index (χ2v) is 11.4. The summed E-state index contributed by atoms with van der Waals surface area (Å²) in [5, 5.41) is 9.16. The summed E-state index contributed by atoms with van der Waals surface area (Å²) >= 11 is 6.30. The number of aliphatic carboxylic acids is 1. The van der Waals surface area contributed by atoms with Crippen LogP contribution in [0.3, 0.4) is 0 Å². The van der Waals surface area contributed by atoms with Gasteiger partial charge in [0.15, 0.2) is 0 Å². The Morgan fingerprint density at radius 3 is 2.45 bits per heavy atom. The van der Waals surface area contributed by atoms with Gasteiger partial charge in [0.1, 0.15) is 34.1 Å². The number of thioether (sulfide) groups is 1. The van der Waals surface area contributed by atoms with E-state index in [4.69, 9.17) is 36.3 Å². The van der Waals surface area contributed by atoms with Crippen LogP contribution in [0.15, 0.2) is 89.1 Å². The average Bonchev–Trinajstić information content (AvgIpc) is 3.22. The first-order valence-electron chi connectivity index (χ1n) is 13.2. The molecule has 42 heavy (non-hydrogen) atoms. The lowest BCUT2D eigenvalue weighted by atomic mass is 9.93. The van der Waals surface area contributed by atoms with Gasteiger partial charge in [-0.1, -0.05) is 72.5 Å². The maximum atomic E-state index is 13.3. The van der Waals surface area contributed by atoms with Crippen LogP contribution in [0, 0.1) is 5.82 Å². The number of carbonyl (C=O) groups is 2. The Morgan fingerprint density at radius 1 is 1.12 bits per heavy atom. The molecule has 2 aromatic carbocycles. The van der Waals surface area contributed by atoms with E-state index in [1.54, 1.807) is 38.5 Å². The van der Waals surface area contributed by atoms with Crippen molar-refractivity contribution in [2.24, 2.45) is 0 Å². The number of carboxylic acid groups (broad SMARTS) is 1. The summed E-state index contributed by atoms with van der Waals surface area (Å²) < 4.78 is 37.8. The van der Waals surface area contributed by atoms with E-state index >= 15 is 0 Å². The van der Waals surface area contributed by atoms with Crippen LogP contribution in [-0.2, 0) is 40.6 Å². The van der Waals surface area contributed by atoms with E-state index in [9.17, 15) is 14.0 Å². The third-order valence-electron chi connectivity index (χ3n) is 6.68. The van der Waals surface area contributed by atoms with Crippen molar-refractivity contribution in [3.8, 4) is 0 Å². The number of ether oxygens (including phenoxy) is 4. The van der Waals surface area contributed by atoms with Crippen LogP contribution in [0.25, 0.3) is 0 Å². The highest BCUT2D eigenvalue weighted by molar-refractivity contribution is 8.26. The molecule has 1 saturated heterocycles. The van der Waals surface area contributed by atoms with Crippen molar-refractivity contribution in [3.05, 3.63) is 106 Å². The van der Waals surface area contributed by atoms with E-state index in [2.05, 4.69) is 0 Å². The predicted octanol–water partition coefficient (Wildman–Crippen LogP) is 5.00. The number of allylic oxidation sites excluding steroid dienone is 3. The Balaban J connectivity index is 1.61. The summed E-state index contributed by atoms with van der Waals surface area (Å²) in [5.74, 6) is -1.31. The fourth-order valence-electron chi connectivity index (χ4n) is 4.73. The lowest BCUT2D eigenvalue weighted by Gasteiger charge is -2.38. The summed E-state index contributed by atoms with van der Waals surface area (Å²) in [4.78, 5) is 25.5. The number of methoxy groups -OCH3 is 2.